The number of amides is 1. The van der Waals surface area contributed by atoms with Gasteiger partial charge in [-0.25, -0.2) is 0 Å². The van der Waals surface area contributed by atoms with Gasteiger partial charge in [0.15, 0.2) is 0 Å². The van der Waals surface area contributed by atoms with Crippen LogP contribution in [0.5, 0.6) is 0 Å². The number of likely N-dealkylation sites (tertiary alicyclic amines) is 1. The molecule has 1 aromatic heterocycles. The third kappa shape index (κ3) is 4.65. The molecule has 0 atom stereocenters. The van der Waals surface area contributed by atoms with Crippen molar-refractivity contribution in [2.45, 2.75) is 12.8 Å². The summed E-state index contributed by atoms with van der Waals surface area (Å²) in [6.45, 7) is 2.46. The lowest BCUT2D eigenvalue weighted by Crippen LogP contribution is -2.51. The first-order chi connectivity index (χ1) is 9.13. The third-order valence-corrected chi connectivity index (χ3v) is 4.07. The maximum atomic E-state index is 11.6. The van der Waals surface area contributed by atoms with E-state index in [1.807, 2.05) is 16.3 Å². The summed E-state index contributed by atoms with van der Waals surface area (Å²) in [6, 6.07) is 4.06. The molecule has 1 aliphatic heterocycles. The van der Waals surface area contributed by atoms with Gasteiger partial charge in [0.2, 0.25) is 5.91 Å². The highest BCUT2D eigenvalue weighted by molar-refractivity contribution is 7.09. The van der Waals surface area contributed by atoms with E-state index in [-0.39, 0.29) is 18.2 Å². The van der Waals surface area contributed by atoms with E-state index in [2.05, 4.69) is 11.4 Å². The molecule has 0 saturated carbocycles. The lowest BCUT2D eigenvalue weighted by molar-refractivity contribution is -0.139. The zero-order valence-corrected chi connectivity index (χ0v) is 11.5. The van der Waals surface area contributed by atoms with Crippen LogP contribution in [-0.4, -0.2) is 48.1 Å². The van der Waals surface area contributed by atoms with Crippen LogP contribution in [0.4, 0.5) is 0 Å². The van der Waals surface area contributed by atoms with Gasteiger partial charge >= 0.3 is 5.97 Å². The van der Waals surface area contributed by atoms with E-state index in [1.165, 1.54) is 4.88 Å². The number of aliphatic carboxylic acids is 1. The summed E-state index contributed by atoms with van der Waals surface area (Å²) in [6.07, 6.45) is 1.07. The highest BCUT2D eigenvalue weighted by atomic mass is 32.1. The second-order valence-electron chi connectivity index (χ2n) is 4.84. The van der Waals surface area contributed by atoms with Crippen molar-refractivity contribution in [3.05, 3.63) is 22.4 Å². The van der Waals surface area contributed by atoms with Crippen molar-refractivity contribution in [3.8, 4) is 0 Å². The molecule has 0 unspecified atom stereocenters. The standard InChI is InChI=1S/C13H18N2O3S/c16-12(14-4-3-11-2-1-5-19-11)9-15-7-10(8-15)6-13(17)18/h1-2,5,10H,3-4,6-9H2,(H,14,16)(H,17,18). The molecule has 1 amide bonds. The van der Waals surface area contributed by atoms with Gasteiger partial charge in [0.1, 0.15) is 0 Å². The number of carboxylic acid groups (broad SMARTS) is 1. The fraction of sp³-hybridized carbons (Fsp3) is 0.538. The number of hydrogen-bond donors (Lipinski definition) is 2. The number of rotatable bonds is 7. The zero-order valence-electron chi connectivity index (χ0n) is 10.7. The summed E-state index contributed by atoms with van der Waals surface area (Å²) in [7, 11) is 0. The van der Waals surface area contributed by atoms with Crippen LogP contribution in [0, 0.1) is 5.92 Å². The first-order valence-corrected chi connectivity index (χ1v) is 7.24. The van der Waals surface area contributed by atoms with E-state index in [0.717, 1.165) is 6.42 Å². The molecule has 2 rings (SSSR count). The van der Waals surface area contributed by atoms with Crippen molar-refractivity contribution >= 4 is 23.2 Å². The van der Waals surface area contributed by atoms with Crippen LogP contribution in [0.3, 0.4) is 0 Å². The summed E-state index contributed by atoms with van der Waals surface area (Å²) >= 11 is 1.69. The van der Waals surface area contributed by atoms with Crippen LogP contribution in [0.15, 0.2) is 17.5 Å². The van der Waals surface area contributed by atoms with Crippen molar-refractivity contribution in [2.75, 3.05) is 26.2 Å². The summed E-state index contributed by atoms with van der Waals surface area (Å²) < 4.78 is 0. The second kappa shape index (κ2) is 6.68. The smallest absolute Gasteiger partial charge is 0.303 e. The first-order valence-electron chi connectivity index (χ1n) is 6.36. The minimum atomic E-state index is -0.759. The van der Waals surface area contributed by atoms with Gasteiger partial charge in [-0.3, -0.25) is 14.5 Å². The Balaban J connectivity index is 1.55. The molecular formula is C13H18N2O3S. The van der Waals surface area contributed by atoms with Crippen LogP contribution >= 0.6 is 11.3 Å². The van der Waals surface area contributed by atoms with E-state index < -0.39 is 5.97 Å². The summed E-state index contributed by atoms with van der Waals surface area (Å²) in [4.78, 5) is 25.4. The van der Waals surface area contributed by atoms with Gasteiger partial charge in [-0.15, -0.1) is 11.3 Å². The topological polar surface area (TPSA) is 69.6 Å². The minimum absolute atomic E-state index is 0.0188. The third-order valence-electron chi connectivity index (χ3n) is 3.14. The van der Waals surface area contributed by atoms with E-state index in [1.54, 1.807) is 11.3 Å². The van der Waals surface area contributed by atoms with Crippen LogP contribution in [0.2, 0.25) is 0 Å². The number of thiophene rings is 1. The molecule has 1 aliphatic rings. The molecule has 0 bridgehead atoms. The molecule has 1 fully saturated rings. The molecule has 0 spiro atoms. The average molecular weight is 282 g/mol. The van der Waals surface area contributed by atoms with Gasteiger partial charge in [0.05, 0.1) is 13.0 Å². The maximum Gasteiger partial charge on any atom is 0.303 e. The van der Waals surface area contributed by atoms with Crippen LogP contribution < -0.4 is 5.32 Å². The molecule has 0 aromatic carbocycles. The molecule has 2 N–H and O–H groups in total. The first kappa shape index (κ1) is 14.0. The minimum Gasteiger partial charge on any atom is -0.481 e. The van der Waals surface area contributed by atoms with E-state index >= 15 is 0 Å². The molecule has 2 heterocycles. The predicted molar refractivity (Wildman–Crippen MR) is 73.2 cm³/mol. The Morgan fingerprint density at radius 1 is 1.47 bits per heavy atom. The Labute approximate surface area is 116 Å². The van der Waals surface area contributed by atoms with Gasteiger partial charge in [-0.2, -0.15) is 0 Å². The summed E-state index contributed by atoms with van der Waals surface area (Å²) in [5.41, 5.74) is 0. The fourth-order valence-corrected chi connectivity index (χ4v) is 2.93. The van der Waals surface area contributed by atoms with Crippen LogP contribution in [0.1, 0.15) is 11.3 Å². The number of carbonyl (C=O) groups excluding carboxylic acids is 1. The highest BCUT2D eigenvalue weighted by Crippen LogP contribution is 2.18. The lowest BCUT2D eigenvalue weighted by atomic mass is 9.96. The van der Waals surface area contributed by atoms with Gasteiger partial charge in [0, 0.05) is 24.5 Å². The van der Waals surface area contributed by atoms with E-state index in [0.29, 0.717) is 26.2 Å². The van der Waals surface area contributed by atoms with E-state index in [9.17, 15) is 9.59 Å². The molecular weight excluding hydrogens is 264 g/mol. The lowest BCUT2D eigenvalue weighted by Gasteiger charge is -2.37. The number of carboxylic acids is 1. The SMILES string of the molecule is O=C(O)CC1CN(CC(=O)NCCc2cccs2)C1. The van der Waals surface area contributed by atoms with Gasteiger partial charge < -0.3 is 10.4 Å². The predicted octanol–water partition coefficient (Wildman–Crippen LogP) is 0.813. The highest BCUT2D eigenvalue weighted by Gasteiger charge is 2.29. The molecule has 6 heteroatoms. The molecule has 5 nitrogen and oxygen atoms in total. The molecule has 19 heavy (non-hydrogen) atoms. The Bertz CT molecular complexity index is 427. The quantitative estimate of drug-likeness (QED) is 0.776. The molecule has 104 valence electrons. The Kier molecular flexibility index (Phi) is 4.93. The number of nitrogens with one attached hydrogen (secondary N) is 1. The Hall–Kier alpha value is -1.40. The second-order valence-corrected chi connectivity index (χ2v) is 5.87. The largest absolute Gasteiger partial charge is 0.481 e. The number of hydrogen-bond acceptors (Lipinski definition) is 4. The average Bonchev–Trinajstić information content (AvgIpc) is 2.78. The molecule has 0 radical (unpaired) electrons. The normalized spacial score (nSPS) is 16.0. The van der Waals surface area contributed by atoms with Crippen molar-refractivity contribution in [2.24, 2.45) is 5.92 Å². The van der Waals surface area contributed by atoms with Crippen molar-refractivity contribution in [1.29, 1.82) is 0 Å². The van der Waals surface area contributed by atoms with Gasteiger partial charge in [-0.05, 0) is 23.8 Å². The monoisotopic (exact) mass is 282 g/mol. The van der Waals surface area contributed by atoms with Crippen molar-refractivity contribution < 1.29 is 14.7 Å². The maximum absolute atomic E-state index is 11.6. The number of nitrogens with zero attached hydrogens (tertiary/aromatic N) is 1. The fourth-order valence-electron chi connectivity index (χ4n) is 2.22. The van der Waals surface area contributed by atoms with Gasteiger partial charge in [0.25, 0.3) is 0 Å². The van der Waals surface area contributed by atoms with E-state index in [4.69, 9.17) is 5.11 Å². The molecule has 0 aliphatic carbocycles. The summed E-state index contributed by atoms with van der Waals surface area (Å²) in [5, 5.41) is 13.5. The molecule has 1 saturated heterocycles. The van der Waals surface area contributed by atoms with Gasteiger partial charge in [-0.1, -0.05) is 6.07 Å². The summed E-state index contributed by atoms with van der Waals surface area (Å²) in [5.74, 6) is -0.535. The van der Waals surface area contributed by atoms with Crippen molar-refractivity contribution in [3.63, 3.8) is 0 Å². The zero-order chi connectivity index (χ0) is 13.7. The Morgan fingerprint density at radius 2 is 2.26 bits per heavy atom. The van der Waals surface area contributed by atoms with Crippen molar-refractivity contribution in [1.82, 2.24) is 10.2 Å². The Morgan fingerprint density at radius 3 is 2.89 bits per heavy atom. The van der Waals surface area contributed by atoms with Crippen LogP contribution in [-0.2, 0) is 16.0 Å². The van der Waals surface area contributed by atoms with Crippen LogP contribution in [0.25, 0.3) is 0 Å². The molecule has 1 aromatic rings. The number of carbonyl (C=O) groups is 2.